The monoisotopic (exact) mass is 1920 g/mol. The average molecular weight is 1920 g/mol. The summed E-state index contributed by atoms with van der Waals surface area (Å²) in [5.41, 5.74) is -0.428. The van der Waals surface area contributed by atoms with E-state index in [1.807, 2.05) is 123 Å². The molecule has 1 unspecified atom stereocenters. The standard InChI is InChI=1S/C23H41NO5Si.C21H27NO5.C16H21NO4.C14H23NO5.C13H19NO4.C8H10O2.C4H8O2.C2H6.CH4/c1-16(24-7)12-17-10-11-20-23(28-17,15-26-30(8,9)21(2,3)4)13-18(27-20)19-14-25-22(5,6)29-19;1-14(22-2)10-17-8-9-19-21(27-17)11-18(26-19)20(25-13-21)24-12-15-4-6-16(23-3)7-5-15;1-10(17-3)8-12-4-5-15-16(21-12)7-6-13(19-11(2)18)14(9-16)20-15;1-9(15-2)5-10-3-4-13-14(8-17,20-10)6-12(19-13)11(18)7-16;1-8(14-2)5-9-3-4-11-13(18-9)6-10(17-11)12(15)16-7-13;1-10-8-4-2-7(6-9)3-5-8;5-4-2-1-3-6-4;1-2;/h16-20H,10-15H2,1-6,8-9H3;4-7,14,17-20H,8-13H2,1,3H3;6-7,10,12-15H,4-5,8-9H2,1-2H3;9-13,16-18H,3-8H2,1H3;8-12,15H,3-7H2,1H3;2-5,9H,6H2,1H3;4-5H,1-3H2;1-2H3;1H4/p+1/t16-,17-,18-,19-,20+,23-;14-,17-,18-,19+,20-,21-;10-,12-,13-,14-,15+,16+;9-,10-,11-,12-,13+,14-;8-,9-,10-,11+,12-,13-;;;;/m11111..../s1. The molecule has 14 aliphatic heterocycles. The molecule has 31 atom stereocenters. The SMILES string of the molecule is C.CC.COc1ccc(CO)cc1.OC1CCCO1.[C-]#[N+][C@H](C)C[C@H]1CC[C@@H]2O[C@@H]([C@H](O)CO)C[C@]2(CO)O1.[C-]#[N+][C@H](C)C[C@H]1CC[C@@H]2O[C@@H]([C@H]3COC(C)(C)O3)C[C@]2(CO[Si](C)(C)C(C)(C)C)O1.[C-]#[N+][C@H](C)C[C@H]1CC[C@@H]2O[C@@H]3C[C@]2(C=C[C@H]3OC(C)=O)O1.[C-]#[N+][C@H](C)C[C@H]1CC[C@@H]2O[C@@H]3C[C@]2(CO[C@H]3O)O1.[C-]#[N+][C@H](C)C[C@H]1CC[C@@H]2O[C@@H]3C[C@]2(CO[C@H]3OCc2ccc(OC)cc2)O1.[H+]. The van der Waals surface area contributed by atoms with Gasteiger partial charge < -0.3 is 149 Å². The van der Waals surface area contributed by atoms with Crippen LogP contribution in [0.2, 0.25) is 18.1 Å². The van der Waals surface area contributed by atoms with Crippen molar-refractivity contribution in [1.29, 1.82) is 0 Å². The van der Waals surface area contributed by atoms with Gasteiger partial charge in [0.05, 0.1) is 140 Å². The number of ether oxygens (including phenoxy) is 19. The normalized spacial score (nSPS) is 36.7. The summed E-state index contributed by atoms with van der Waals surface area (Å²) in [5, 5.41) is 55.4. The van der Waals surface area contributed by atoms with Crippen LogP contribution in [0.5, 0.6) is 11.5 Å². The van der Waals surface area contributed by atoms with E-state index < -0.39 is 50.1 Å². The molecule has 0 aromatic heterocycles. The molecule has 32 nitrogen and oxygen atoms in total. The van der Waals surface area contributed by atoms with E-state index in [1.165, 1.54) is 6.92 Å². The van der Waals surface area contributed by atoms with E-state index in [4.69, 9.17) is 143 Å². The molecule has 15 aliphatic rings. The number of methoxy groups -OCH3 is 2. The van der Waals surface area contributed by atoms with Gasteiger partial charge in [0.15, 0.2) is 33.0 Å². The highest BCUT2D eigenvalue weighted by Crippen LogP contribution is 2.53. The van der Waals surface area contributed by atoms with Crippen LogP contribution in [0.4, 0.5) is 0 Å². The Labute approximate surface area is 805 Å². The predicted molar refractivity (Wildman–Crippen MR) is 506 cm³/mol. The van der Waals surface area contributed by atoms with Crippen LogP contribution in [-0.2, 0) is 103 Å². The topological polar surface area (TPSA) is 345 Å². The second kappa shape index (κ2) is 51.1. The van der Waals surface area contributed by atoms with Gasteiger partial charge in [0.25, 0.3) is 0 Å². The summed E-state index contributed by atoms with van der Waals surface area (Å²) in [4.78, 5) is 29.0. The Balaban J connectivity index is 0.000000200. The first kappa shape index (κ1) is 113. The molecule has 1 aliphatic carbocycles. The van der Waals surface area contributed by atoms with Crippen LogP contribution in [0.15, 0.2) is 60.7 Å². The number of hydrogen-bond donors (Lipinski definition) is 6. The van der Waals surface area contributed by atoms with Crippen molar-refractivity contribution >= 4 is 14.3 Å². The van der Waals surface area contributed by atoms with E-state index in [0.29, 0.717) is 52.3 Å². The lowest BCUT2D eigenvalue weighted by Crippen LogP contribution is -2.55. The van der Waals surface area contributed by atoms with Crippen LogP contribution in [0.25, 0.3) is 24.2 Å². The van der Waals surface area contributed by atoms with Crippen LogP contribution in [0, 0.1) is 32.9 Å². The first-order valence-electron chi connectivity index (χ1n) is 48.7. The molecule has 0 saturated carbocycles. The van der Waals surface area contributed by atoms with Gasteiger partial charge in [-0.3, -0.25) is 4.79 Å². The number of hydrogen-bond acceptors (Lipinski definition) is 27. The molecule has 3 spiro atoms. The third-order valence-corrected chi connectivity index (χ3v) is 33.1. The molecule has 17 rings (SSSR count). The summed E-state index contributed by atoms with van der Waals surface area (Å²) in [6.45, 7) is 68.7. The number of esters is 1. The Morgan fingerprint density at radius 1 is 0.548 bits per heavy atom. The first-order valence-corrected chi connectivity index (χ1v) is 51.7. The maximum absolute atomic E-state index is 11.1. The molecular formula is C102H160N5O27Si+. The minimum absolute atomic E-state index is 0. The van der Waals surface area contributed by atoms with Crippen LogP contribution in [-0.4, -0.2) is 298 Å². The summed E-state index contributed by atoms with van der Waals surface area (Å²) in [5.74, 6) is 0.791. The van der Waals surface area contributed by atoms with E-state index in [1.54, 1.807) is 14.2 Å². The summed E-state index contributed by atoms with van der Waals surface area (Å²) < 4.78 is 118. The zero-order valence-electron chi connectivity index (χ0n) is 83.2. The minimum atomic E-state index is -1.93. The fourth-order valence-corrected chi connectivity index (χ4v) is 21.3. The van der Waals surface area contributed by atoms with Crippen LogP contribution in [0.1, 0.15) is 251 Å². The highest BCUT2D eigenvalue weighted by molar-refractivity contribution is 6.74. The maximum atomic E-state index is 11.1. The number of fused-ring (bicyclic) bond motifs is 5. The molecule has 14 heterocycles. The van der Waals surface area contributed by atoms with Gasteiger partial charge >= 0.3 is 7.40 Å². The minimum Gasteiger partial charge on any atom is -0.497 e. The summed E-state index contributed by atoms with van der Waals surface area (Å²) >= 11 is 0. The Morgan fingerprint density at radius 3 is 1.47 bits per heavy atom. The summed E-state index contributed by atoms with van der Waals surface area (Å²) in [6.07, 6.45) is 18.1. The third-order valence-electron chi connectivity index (χ3n) is 28.6. The number of aliphatic hydroxyl groups is 6. The third kappa shape index (κ3) is 29.8. The summed E-state index contributed by atoms with van der Waals surface area (Å²) in [6, 6.07) is 15.0. The van der Waals surface area contributed by atoms with Crippen molar-refractivity contribution in [3.63, 3.8) is 0 Å². The predicted octanol–water partition coefficient (Wildman–Crippen LogP) is 14.8. The number of benzene rings is 2. The van der Waals surface area contributed by atoms with Gasteiger partial charge in [0.2, 0.25) is 30.2 Å². The lowest BCUT2D eigenvalue weighted by molar-refractivity contribution is -0.242. The van der Waals surface area contributed by atoms with Crippen LogP contribution >= 0.6 is 0 Å². The van der Waals surface area contributed by atoms with Crippen molar-refractivity contribution in [2.24, 2.45) is 0 Å². The zero-order chi connectivity index (χ0) is 97.6. The molecule has 2 aromatic rings. The number of carbonyl (C=O) groups is 1. The molecule has 14 fully saturated rings. The molecule has 6 bridgehead atoms. The number of rotatable bonds is 24. The second-order valence-corrected chi connectivity index (χ2v) is 45.3. The van der Waals surface area contributed by atoms with Gasteiger partial charge in [-0.1, -0.05) is 72.4 Å². The van der Waals surface area contributed by atoms with Crippen molar-refractivity contribution < 1.29 is 131 Å². The number of carbonyl (C=O) groups excluding carboxylic acids is 1. The highest BCUT2D eigenvalue weighted by atomic mass is 28.4. The zero-order valence-corrected chi connectivity index (χ0v) is 83.2. The molecule has 33 heteroatoms. The van der Waals surface area contributed by atoms with Crippen molar-refractivity contribution in [3.8, 4) is 11.5 Å². The van der Waals surface area contributed by atoms with Crippen molar-refractivity contribution in [3.05, 3.63) is 129 Å². The van der Waals surface area contributed by atoms with Gasteiger partial charge in [0.1, 0.15) is 76.1 Å². The average Bonchev–Trinajstić information content (AvgIpc) is 1.64. The van der Waals surface area contributed by atoms with Gasteiger partial charge in [-0.2, -0.15) is 0 Å². The summed E-state index contributed by atoms with van der Waals surface area (Å²) in [7, 11) is 1.34. The fourth-order valence-electron chi connectivity index (χ4n) is 20.3. The molecule has 0 radical (unpaired) electrons. The lowest BCUT2D eigenvalue weighted by Gasteiger charge is -2.45. The molecule has 0 amide bonds. The highest BCUT2D eigenvalue weighted by Gasteiger charge is 2.63. The van der Waals surface area contributed by atoms with Gasteiger partial charge in [0, 0.05) is 119 Å². The van der Waals surface area contributed by atoms with Crippen LogP contribution < -0.4 is 9.47 Å². The van der Waals surface area contributed by atoms with Crippen molar-refractivity contribution in [2.75, 3.05) is 60.5 Å². The fraction of sp³-hybridized carbons (Fsp3) is 0.804. The second-order valence-electron chi connectivity index (χ2n) is 40.5. The Bertz CT molecular complexity index is 4170. The van der Waals surface area contributed by atoms with Crippen molar-refractivity contribution in [1.82, 2.24) is 0 Å². The van der Waals surface area contributed by atoms with E-state index >= 15 is 0 Å². The van der Waals surface area contributed by atoms with E-state index in [9.17, 15) is 20.1 Å². The molecule has 6 N–H and O–H groups in total. The van der Waals surface area contributed by atoms with Gasteiger partial charge in [-0.25, -0.2) is 32.9 Å². The maximum Gasteiger partial charge on any atom is 1.00 e. The number of aliphatic hydroxyl groups excluding tert-OH is 6. The van der Waals surface area contributed by atoms with Gasteiger partial charge in [-0.15, -0.1) is 0 Å². The molecule has 135 heavy (non-hydrogen) atoms. The molecular weight excluding hydrogens is 1760 g/mol. The van der Waals surface area contributed by atoms with E-state index in [0.717, 1.165) is 151 Å². The number of nitrogens with zero attached hydrogens (tertiary/aromatic N) is 5. The van der Waals surface area contributed by atoms with E-state index in [-0.39, 0.29) is 191 Å². The quantitative estimate of drug-likeness (QED) is 0.0246. The van der Waals surface area contributed by atoms with Crippen molar-refractivity contribution in [2.45, 2.75) is 463 Å². The smallest absolute Gasteiger partial charge is 0.497 e. The van der Waals surface area contributed by atoms with Crippen LogP contribution in [0.3, 0.4) is 0 Å². The molecule has 2 aromatic carbocycles. The van der Waals surface area contributed by atoms with E-state index in [2.05, 4.69) is 58.1 Å². The Kier molecular flexibility index (Phi) is 42.6. The first-order chi connectivity index (χ1) is 63.8. The van der Waals surface area contributed by atoms with Gasteiger partial charge in [-0.05, 0) is 144 Å². The molecule has 758 valence electrons. The Hall–Kier alpha value is -6.00. The Morgan fingerprint density at radius 2 is 1.01 bits per heavy atom. The molecule has 14 saturated heterocycles. The largest absolute Gasteiger partial charge is 1.00 e. The lowest BCUT2D eigenvalue weighted by atomic mass is 9.82.